The molecule has 3 heteroatoms. The van der Waals surface area contributed by atoms with E-state index >= 15 is 0 Å². The lowest BCUT2D eigenvalue weighted by atomic mass is 9.97. The summed E-state index contributed by atoms with van der Waals surface area (Å²) in [5, 5.41) is 3.29. The molecule has 0 radical (unpaired) electrons. The van der Waals surface area contributed by atoms with Crippen LogP contribution < -0.4 is 5.32 Å². The zero-order valence-corrected chi connectivity index (χ0v) is 7.39. The topological polar surface area (TPSA) is 32.3 Å². The summed E-state index contributed by atoms with van der Waals surface area (Å²) < 4.78 is 0. The van der Waals surface area contributed by atoms with Crippen molar-refractivity contribution < 1.29 is 4.79 Å². The molecule has 0 fully saturated rings. The molecule has 0 spiro atoms. The Morgan fingerprint density at radius 1 is 1.50 bits per heavy atom. The van der Waals surface area contributed by atoms with Crippen molar-refractivity contribution in [1.82, 2.24) is 10.2 Å². The fraction of sp³-hybridized carbons (Fsp3) is 0.667. The SMILES string of the molecule is CN1CC(=O)CC2=C1CCNC2. The van der Waals surface area contributed by atoms with Gasteiger partial charge in [0.25, 0.3) is 0 Å². The number of hydrogen-bond acceptors (Lipinski definition) is 3. The maximum Gasteiger partial charge on any atom is 0.156 e. The van der Waals surface area contributed by atoms with Crippen molar-refractivity contribution in [3.05, 3.63) is 11.3 Å². The summed E-state index contributed by atoms with van der Waals surface area (Å²) in [5.74, 6) is 0.347. The third kappa shape index (κ3) is 1.25. The molecule has 2 aliphatic heterocycles. The molecule has 1 N–H and O–H groups in total. The van der Waals surface area contributed by atoms with E-state index in [2.05, 4.69) is 10.2 Å². The smallest absolute Gasteiger partial charge is 0.156 e. The molecule has 0 saturated heterocycles. The van der Waals surface area contributed by atoms with E-state index in [4.69, 9.17) is 0 Å². The molecule has 0 aromatic heterocycles. The van der Waals surface area contributed by atoms with Gasteiger partial charge in [-0.05, 0) is 12.0 Å². The zero-order chi connectivity index (χ0) is 8.55. The van der Waals surface area contributed by atoms with E-state index in [0.717, 1.165) is 19.5 Å². The predicted molar refractivity (Wildman–Crippen MR) is 46.8 cm³/mol. The third-order valence-electron chi connectivity index (χ3n) is 2.57. The fourth-order valence-electron chi connectivity index (χ4n) is 2.00. The minimum absolute atomic E-state index is 0.347. The Bertz CT molecular complexity index is 245. The van der Waals surface area contributed by atoms with E-state index in [1.54, 1.807) is 0 Å². The molecule has 2 aliphatic rings. The van der Waals surface area contributed by atoms with Crippen LogP contribution in [0.25, 0.3) is 0 Å². The first-order valence-electron chi connectivity index (χ1n) is 4.42. The van der Waals surface area contributed by atoms with Crippen LogP contribution in [0.1, 0.15) is 12.8 Å². The van der Waals surface area contributed by atoms with Gasteiger partial charge >= 0.3 is 0 Å². The number of carbonyl (C=O) groups is 1. The van der Waals surface area contributed by atoms with E-state index in [-0.39, 0.29) is 0 Å². The summed E-state index contributed by atoms with van der Waals surface area (Å²) in [6.07, 6.45) is 1.76. The summed E-state index contributed by atoms with van der Waals surface area (Å²) in [5.41, 5.74) is 2.70. The fourth-order valence-corrected chi connectivity index (χ4v) is 2.00. The monoisotopic (exact) mass is 166 g/mol. The van der Waals surface area contributed by atoms with Gasteiger partial charge in [-0.3, -0.25) is 4.79 Å². The molecule has 0 aromatic rings. The van der Waals surface area contributed by atoms with E-state index in [9.17, 15) is 4.79 Å². The van der Waals surface area contributed by atoms with Crippen molar-refractivity contribution in [2.24, 2.45) is 0 Å². The molecule has 0 amide bonds. The van der Waals surface area contributed by atoms with E-state index in [1.807, 2.05) is 7.05 Å². The Labute approximate surface area is 72.4 Å². The number of carbonyl (C=O) groups excluding carboxylic acids is 1. The Morgan fingerprint density at radius 2 is 2.33 bits per heavy atom. The highest BCUT2D eigenvalue weighted by atomic mass is 16.1. The first-order valence-corrected chi connectivity index (χ1v) is 4.42. The van der Waals surface area contributed by atoms with Gasteiger partial charge in [-0.1, -0.05) is 0 Å². The molecule has 2 rings (SSSR count). The number of rotatable bonds is 0. The quantitative estimate of drug-likeness (QED) is 0.555. The van der Waals surface area contributed by atoms with Crippen LogP contribution in [0.15, 0.2) is 11.3 Å². The van der Waals surface area contributed by atoms with Crippen molar-refractivity contribution in [2.75, 3.05) is 26.7 Å². The molecule has 0 unspecified atom stereocenters. The highest BCUT2D eigenvalue weighted by Crippen LogP contribution is 2.22. The summed E-state index contributed by atoms with van der Waals surface area (Å²) in [7, 11) is 2.01. The molecule has 0 saturated carbocycles. The molecule has 0 atom stereocenters. The van der Waals surface area contributed by atoms with Gasteiger partial charge in [0.2, 0.25) is 0 Å². The highest BCUT2D eigenvalue weighted by molar-refractivity contribution is 5.84. The minimum atomic E-state index is 0.347. The lowest BCUT2D eigenvalue weighted by molar-refractivity contribution is -0.119. The van der Waals surface area contributed by atoms with Gasteiger partial charge in [0, 0.05) is 32.3 Å². The van der Waals surface area contributed by atoms with Crippen LogP contribution in [-0.4, -0.2) is 37.4 Å². The summed E-state index contributed by atoms with van der Waals surface area (Å²) >= 11 is 0. The number of hydrogen-bond donors (Lipinski definition) is 1. The summed E-state index contributed by atoms with van der Waals surface area (Å²) in [6.45, 7) is 2.57. The second-order valence-electron chi connectivity index (χ2n) is 3.55. The molecule has 12 heavy (non-hydrogen) atoms. The number of nitrogens with one attached hydrogen (secondary N) is 1. The minimum Gasteiger partial charge on any atom is -0.370 e. The Balaban J connectivity index is 2.26. The summed E-state index contributed by atoms with van der Waals surface area (Å²) in [4.78, 5) is 13.3. The van der Waals surface area contributed by atoms with Crippen molar-refractivity contribution in [3.63, 3.8) is 0 Å². The van der Waals surface area contributed by atoms with Crippen LogP contribution in [0.4, 0.5) is 0 Å². The van der Waals surface area contributed by atoms with Gasteiger partial charge in [0.05, 0.1) is 6.54 Å². The third-order valence-corrected chi connectivity index (χ3v) is 2.57. The van der Waals surface area contributed by atoms with Gasteiger partial charge in [-0.15, -0.1) is 0 Å². The van der Waals surface area contributed by atoms with Crippen LogP contribution in [-0.2, 0) is 4.79 Å². The number of nitrogens with zero attached hydrogens (tertiary/aromatic N) is 1. The molecule has 3 nitrogen and oxygen atoms in total. The van der Waals surface area contributed by atoms with E-state index < -0.39 is 0 Å². The standard InChI is InChI=1S/C9H14N2O/c1-11-6-8(12)4-7-5-10-3-2-9(7)11/h10H,2-6H2,1H3. The maximum absolute atomic E-state index is 11.2. The molecular weight excluding hydrogens is 152 g/mol. The second kappa shape index (κ2) is 2.90. The summed E-state index contributed by atoms with van der Waals surface area (Å²) in [6, 6.07) is 0. The van der Waals surface area contributed by atoms with Crippen LogP contribution in [0, 0.1) is 0 Å². The van der Waals surface area contributed by atoms with Crippen molar-refractivity contribution >= 4 is 5.78 Å². The lowest BCUT2D eigenvalue weighted by Crippen LogP contribution is -2.38. The molecule has 0 aromatic carbocycles. The van der Waals surface area contributed by atoms with Crippen LogP contribution >= 0.6 is 0 Å². The van der Waals surface area contributed by atoms with Gasteiger partial charge in [0.15, 0.2) is 5.78 Å². The first-order chi connectivity index (χ1) is 5.77. The van der Waals surface area contributed by atoms with Gasteiger partial charge in [-0.2, -0.15) is 0 Å². The average Bonchev–Trinajstić information content (AvgIpc) is 2.04. The van der Waals surface area contributed by atoms with Crippen molar-refractivity contribution in [1.29, 1.82) is 0 Å². The van der Waals surface area contributed by atoms with E-state index in [1.165, 1.54) is 11.3 Å². The average molecular weight is 166 g/mol. The van der Waals surface area contributed by atoms with Gasteiger partial charge in [-0.25, -0.2) is 0 Å². The van der Waals surface area contributed by atoms with Gasteiger partial charge < -0.3 is 10.2 Å². The van der Waals surface area contributed by atoms with Crippen LogP contribution in [0.5, 0.6) is 0 Å². The van der Waals surface area contributed by atoms with Crippen molar-refractivity contribution in [2.45, 2.75) is 12.8 Å². The number of Topliss-reactive ketones (excluding diaryl/α,β-unsaturated/α-hetero) is 1. The molecular formula is C9H14N2O. The Hall–Kier alpha value is -0.830. The highest BCUT2D eigenvalue weighted by Gasteiger charge is 2.23. The molecule has 2 heterocycles. The molecule has 0 aliphatic carbocycles. The van der Waals surface area contributed by atoms with Gasteiger partial charge in [0.1, 0.15) is 0 Å². The lowest BCUT2D eigenvalue weighted by Gasteiger charge is -2.33. The zero-order valence-electron chi connectivity index (χ0n) is 7.39. The Kier molecular flexibility index (Phi) is 1.89. The van der Waals surface area contributed by atoms with E-state index in [0.29, 0.717) is 18.7 Å². The molecule has 66 valence electrons. The first kappa shape index (κ1) is 7.80. The van der Waals surface area contributed by atoms with Crippen LogP contribution in [0.2, 0.25) is 0 Å². The maximum atomic E-state index is 11.2. The normalized spacial score (nSPS) is 24.4. The number of ketones is 1. The van der Waals surface area contributed by atoms with Crippen molar-refractivity contribution in [3.8, 4) is 0 Å². The van der Waals surface area contributed by atoms with Crippen LogP contribution in [0.3, 0.4) is 0 Å². The number of likely N-dealkylation sites (N-methyl/N-ethyl adjacent to an activating group) is 1. The molecule has 0 bridgehead atoms. The predicted octanol–water partition coefficient (Wildman–Crippen LogP) is 0.138. The second-order valence-corrected chi connectivity index (χ2v) is 3.55. The Morgan fingerprint density at radius 3 is 3.17 bits per heavy atom. The largest absolute Gasteiger partial charge is 0.370 e.